The molecule has 1 heterocycles. The standard InChI is InChI=1S/C12H21N3O2/c1-5-15(6-2)12(16)10(4)13-8-11-7-9(3)14-17-11/h7,10,13H,5-6,8H2,1-4H3. The highest BCUT2D eigenvalue weighted by molar-refractivity contribution is 5.81. The van der Waals surface area contributed by atoms with E-state index in [0.29, 0.717) is 6.54 Å². The van der Waals surface area contributed by atoms with E-state index in [4.69, 9.17) is 4.52 Å². The van der Waals surface area contributed by atoms with Crippen molar-refractivity contribution >= 4 is 5.91 Å². The largest absolute Gasteiger partial charge is 0.360 e. The van der Waals surface area contributed by atoms with Crippen LogP contribution in [0, 0.1) is 6.92 Å². The summed E-state index contributed by atoms with van der Waals surface area (Å²) < 4.78 is 5.07. The van der Waals surface area contributed by atoms with Crippen LogP contribution in [0.1, 0.15) is 32.2 Å². The molecule has 0 fully saturated rings. The molecular formula is C12H21N3O2. The summed E-state index contributed by atoms with van der Waals surface area (Å²) in [6.45, 7) is 9.70. The Morgan fingerprint density at radius 2 is 2.18 bits per heavy atom. The van der Waals surface area contributed by atoms with Gasteiger partial charge in [-0.25, -0.2) is 0 Å². The molecule has 1 rings (SSSR count). The van der Waals surface area contributed by atoms with Gasteiger partial charge in [-0.2, -0.15) is 0 Å². The number of nitrogens with one attached hydrogen (secondary N) is 1. The van der Waals surface area contributed by atoms with E-state index in [9.17, 15) is 4.79 Å². The van der Waals surface area contributed by atoms with E-state index in [-0.39, 0.29) is 11.9 Å². The van der Waals surface area contributed by atoms with Crippen molar-refractivity contribution in [3.8, 4) is 0 Å². The minimum Gasteiger partial charge on any atom is -0.360 e. The van der Waals surface area contributed by atoms with Crippen molar-refractivity contribution in [1.82, 2.24) is 15.4 Å². The van der Waals surface area contributed by atoms with Crippen LogP contribution < -0.4 is 5.32 Å². The lowest BCUT2D eigenvalue weighted by Crippen LogP contribution is -2.44. The van der Waals surface area contributed by atoms with Crippen LogP contribution in [0.25, 0.3) is 0 Å². The molecule has 1 N–H and O–H groups in total. The van der Waals surface area contributed by atoms with Gasteiger partial charge >= 0.3 is 0 Å². The first kappa shape index (κ1) is 13.7. The highest BCUT2D eigenvalue weighted by Crippen LogP contribution is 2.02. The molecule has 1 aromatic rings. The number of amides is 1. The van der Waals surface area contributed by atoms with E-state index in [1.807, 2.05) is 38.7 Å². The summed E-state index contributed by atoms with van der Waals surface area (Å²) in [6.07, 6.45) is 0. The summed E-state index contributed by atoms with van der Waals surface area (Å²) in [5.41, 5.74) is 0.851. The molecule has 96 valence electrons. The van der Waals surface area contributed by atoms with E-state index in [1.165, 1.54) is 0 Å². The Morgan fingerprint density at radius 1 is 1.53 bits per heavy atom. The maximum absolute atomic E-state index is 11.9. The number of aryl methyl sites for hydroxylation is 1. The van der Waals surface area contributed by atoms with Crippen molar-refractivity contribution < 1.29 is 9.32 Å². The molecule has 5 heteroatoms. The van der Waals surface area contributed by atoms with Gasteiger partial charge in [0.05, 0.1) is 18.3 Å². The van der Waals surface area contributed by atoms with Gasteiger partial charge in [0.15, 0.2) is 5.76 Å². The summed E-state index contributed by atoms with van der Waals surface area (Å²) in [7, 11) is 0. The molecule has 1 amide bonds. The first-order valence-electron chi connectivity index (χ1n) is 6.02. The van der Waals surface area contributed by atoms with Gasteiger partial charge in [-0.3, -0.25) is 10.1 Å². The Bertz CT molecular complexity index is 358. The number of carbonyl (C=O) groups excluding carboxylic acids is 1. The lowest BCUT2D eigenvalue weighted by Gasteiger charge is -2.23. The average Bonchev–Trinajstić information content (AvgIpc) is 2.73. The van der Waals surface area contributed by atoms with Gasteiger partial charge in [-0.15, -0.1) is 0 Å². The van der Waals surface area contributed by atoms with Gasteiger partial charge in [0, 0.05) is 19.2 Å². The minimum absolute atomic E-state index is 0.117. The minimum atomic E-state index is -0.208. The first-order valence-corrected chi connectivity index (χ1v) is 6.02. The predicted molar refractivity (Wildman–Crippen MR) is 65.5 cm³/mol. The van der Waals surface area contributed by atoms with Gasteiger partial charge in [-0.05, 0) is 27.7 Å². The van der Waals surface area contributed by atoms with Crippen LogP contribution in [0.5, 0.6) is 0 Å². The van der Waals surface area contributed by atoms with Crippen LogP contribution in [0.15, 0.2) is 10.6 Å². The molecule has 0 aromatic carbocycles. The molecule has 0 aliphatic carbocycles. The maximum Gasteiger partial charge on any atom is 0.239 e. The maximum atomic E-state index is 11.9. The molecule has 0 saturated carbocycles. The molecule has 0 bridgehead atoms. The second-order valence-corrected chi connectivity index (χ2v) is 4.05. The van der Waals surface area contributed by atoms with Gasteiger partial charge < -0.3 is 9.42 Å². The third-order valence-electron chi connectivity index (χ3n) is 2.70. The van der Waals surface area contributed by atoms with Gasteiger partial charge in [0.1, 0.15) is 0 Å². The monoisotopic (exact) mass is 239 g/mol. The number of carbonyl (C=O) groups is 1. The fourth-order valence-electron chi connectivity index (χ4n) is 1.65. The van der Waals surface area contributed by atoms with Crippen LogP contribution >= 0.6 is 0 Å². The Balaban J connectivity index is 2.43. The molecule has 17 heavy (non-hydrogen) atoms. The number of rotatable bonds is 6. The van der Waals surface area contributed by atoms with E-state index < -0.39 is 0 Å². The second-order valence-electron chi connectivity index (χ2n) is 4.05. The van der Waals surface area contributed by atoms with Gasteiger partial charge in [0.2, 0.25) is 5.91 Å². The number of nitrogens with zero attached hydrogens (tertiary/aromatic N) is 2. The number of likely N-dealkylation sites (N-methyl/N-ethyl adjacent to an activating group) is 1. The highest BCUT2D eigenvalue weighted by Gasteiger charge is 2.17. The third kappa shape index (κ3) is 3.85. The van der Waals surface area contributed by atoms with E-state index in [0.717, 1.165) is 24.5 Å². The van der Waals surface area contributed by atoms with E-state index in [2.05, 4.69) is 10.5 Å². The SMILES string of the molecule is CCN(CC)C(=O)C(C)NCc1cc(C)no1. The molecule has 0 aliphatic rings. The third-order valence-corrected chi connectivity index (χ3v) is 2.70. The Kier molecular flexibility index (Phi) is 5.15. The first-order chi connectivity index (χ1) is 8.08. The van der Waals surface area contributed by atoms with Crippen molar-refractivity contribution in [3.63, 3.8) is 0 Å². The van der Waals surface area contributed by atoms with Crippen LogP contribution in [0.3, 0.4) is 0 Å². The van der Waals surface area contributed by atoms with Crippen LogP contribution in [0.4, 0.5) is 0 Å². The van der Waals surface area contributed by atoms with Crippen LogP contribution in [-0.2, 0) is 11.3 Å². The van der Waals surface area contributed by atoms with E-state index in [1.54, 1.807) is 0 Å². The summed E-state index contributed by atoms with van der Waals surface area (Å²) in [5.74, 6) is 0.868. The molecular weight excluding hydrogens is 218 g/mol. The smallest absolute Gasteiger partial charge is 0.239 e. The normalized spacial score (nSPS) is 12.5. The van der Waals surface area contributed by atoms with E-state index >= 15 is 0 Å². The molecule has 0 aliphatic heterocycles. The lowest BCUT2D eigenvalue weighted by atomic mass is 10.2. The fourth-order valence-corrected chi connectivity index (χ4v) is 1.65. The van der Waals surface area contributed by atoms with Crippen LogP contribution in [-0.4, -0.2) is 35.1 Å². The van der Waals surface area contributed by atoms with Crippen molar-refractivity contribution in [2.75, 3.05) is 13.1 Å². The average molecular weight is 239 g/mol. The number of aromatic nitrogens is 1. The molecule has 1 atom stereocenters. The number of hydrogen-bond donors (Lipinski definition) is 1. The summed E-state index contributed by atoms with van der Waals surface area (Å²) in [5, 5.41) is 6.93. The van der Waals surface area contributed by atoms with Crippen LogP contribution in [0.2, 0.25) is 0 Å². The zero-order valence-corrected chi connectivity index (χ0v) is 11.0. The topological polar surface area (TPSA) is 58.4 Å². The highest BCUT2D eigenvalue weighted by atomic mass is 16.5. The zero-order valence-electron chi connectivity index (χ0n) is 11.0. The molecule has 1 unspecified atom stereocenters. The molecule has 0 radical (unpaired) electrons. The molecule has 1 aromatic heterocycles. The Labute approximate surface area is 102 Å². The van der Waals surface area contributed by atoms with Crippen molar-refractivity contribution in [2.45, 2.75) is 40.3 Å². The Morgan fingerprint density at radius 3 is 2.65 bits per heavy atom. The van der Waals surface area contributed by atoms with Crippen molar-refractivity contribution in [2.24, 2.45) is 0 Å². The molecule has 5 nitrogen and oxygen atoms in total. The van der Waals surface area contributed by atoms with Crippen molar-refractivity contribution in [1.29, 1.82) is 0 Å². The molecule has 0 spiro atoms. The quantitative estimate of drug-likeness (QED) is 0.813. The predicted octanol–water partition coefficient (Wildman–Crippen LogP) is 1.33. The second kappa shape index (κ2) is 6.39. The fraction of sp³-hybridized carbons (Fsp3) is 0.667. The summed E-state index contributed by atoms with van der Waals surface area (Å²) >= 11 is 0. The van der Waals surface area contributed by atoms with Gasteiger partial charge in [-0.1, -0.05) is 5.16 Å². The summed E-state index contributed by atoms with van der Waals surface area (Å²) in [6, 6.07) is 1.65. The zero-order chi connectivity index (χ0) is 12.8. The molecule has 0 saturated heterocycles. The summed E-state index contributed by atoms with van der Waals surface area (Å²) in [4.78, 5) is 13.8. The Hall–Kier alpha value is -1.36. The number of hydrogen-bond acceptors (Lipinski definition) is 4. The van der Waals surface area contributed by atoms with Gasteiger partial charge in [0.25, 0.3) is 0 Å². The van der Waals surface area contributed by atoms with Crippen molar-refractivity contribution in [3.05, 3.63) is 17.5 Å². The lowest BCUT2D eigenvalue weighted by molar-refractivity contribution is -0.132.